The van der Waals surface area contributed by atoms with Crippen molar-refractivity contribution in [3.05, 3.63) is 0 Å². The van der Waals surface area contributed by atoms with Gasteiger partial charge in [0.25, 0.3) is 0 Å². The van der Waals surface area contributed by atoms with Crippen molar-refractivity contribution in [2.75, 3.05) is 41.5 Å². The van der Waals surface area contributed by atoms with Gasteiger partial charge in [-0.05, 0) is 131 Å². The lowest BCUT2D eigenvalue weighted by Crippen LogP contribution is -2.90. The molecule has 3 aliphatic rings. The third-order valence-corrected chi connectivity index (χ3v) is 16.7. The molecule has 3 heterocycles. The molecule has 15 nitrogen and oxygen atoms in total. The van der Waals surface area contributed by atoms with E-state index in [-0.39, 0.29) is 0 Å². The van der Waals surface area contributed by atoms with Gasteiger partial charge < -0.3 is 75.0 Å². The van der Waals surface area contributed by atoms with Gasteiger partial charge in [-0.15, -0.1) is 0 Å². The molecule has 9 N–H and O–H groups in total. The first-order valence-electron chi connectivity index (χ1n) is 18.7. The molecule has 3 rings (SSSR count). The second kappa shape index (κ2) is 12.7. The highest BCUT2D eigenvalue weighted by molar-refractivity contribution is 5.28. The van der Waals surface area contributed by atoms with Crippen LogP contribution in [0.2, 0.25) is 0 Å². The molecule has 0 bridgehead atoms. The van der Waals surface area contributed by atoms with E-state index in [1.165, 1.54) is 48.7 Å². The van der Waals surface area contributed by atoms with Crippen molar-refractivity contribution in [1.29, 1.82) is 0 Å². The van der Waals surface area contributed by atoms with Crippen LogP contribution in [0.5, 0.6) is 0 Å². The van der Waals surface area contributed by atoms with Crippen LogP contribution in [-0.2, 0) is 28.4 Å². The molecule has 3 fully saturated rings. The predicted octanol–water partition coefficient (Wildman–Crippen LogP) is 1.03. The molecular formula is C38H75N3O12. The van der Waals surface area contributed by atoms with Crippen LogP contribution in [-0.4, -0.2) is 156 Å². The maximum absolute atomic E-state index is 12.6. The van der Waals surface area contributed by atoms with Crippen LogP contribution in [0.3, 0.4) is 0 Å². The fraction of sp³-hybridized carbons (Fsp3) is 1.00. The van der Waals surface area contributed by atoms with E-state index in [0.29, 0.717) is 6.42 Å². The van der Waals surface area contributed by atoms with E-state index in [1.54, 1.807) is 83.5 Å². The van der Waals surface area contributed by atoms with Crippen molar-refractivity contribution >= 4 is 0 Å². The van der Waals surface area contributed by atoms with E-state index in [0.717, 1.165) is 0 Å². The summed E-state index contributed by atoms with van der Waals surface area (Å²) in [5.74, 6) is -5.42. The van der Waals surface area contributed by atoms with E-state index >= 15 is 0 Å². The zero-order valence-corrected chi connectivity index (χ0v) is 36.3. The maximum atomic E-state index is 12.6. The molecule has 0 radical (unpaired) electrons. The molecule has 0 aliphatic carbocycles. The van der Waals surface area contributed by atoms with Crippen LogP contribution in [0, 0.1) is 0 Å². The molecule has 0 saturated carbocycles. The topological polar surface area (TPSA) is 213 Å². The first-order valence-corrected chi connectivity index (χ1v) is 18.7. The van der Waals surface area contributed by atoms with Crippen molar-refractivity contribution in [1.82, 2.24) is 16.0 Å². The Morgan fingerprint density at radius 3 is 0.925 bits per heavy atom. The van der Waals surface area contributed by atoms with Gasteiger partial charge in [0.1, 0.15) is 44.8 Å². The highest BCUT2D eigenvalue weighted by Gasteiger charge is 2.79. The SMILES string of the molecule is CCC1(C)O[C@](C)(OCC2(C)O[C@](C)(OCC3(C)O[C@](C)(OC)C(C)(O)[C@@](C)(NC)[C@@]3(C)O)C(C)(O)[C@@](C)(NC)[C@@]2(C)O)C(C)(O)[C@@](C)(NC)[C@@]1(C)O. The maximum Gasteiger partial charge on any atom is 0.197 e. The molecule has 53 heavy (non-hydrogen) atoms. The van der Waals surface area contributed by atoms with Crippen molar-refractivity contribution < 1.29 is 59.1 Å². The first-order chi connectivity index (χ1) is 23.3. The van der Waals surface area contributed by atoms with Crippen LogP contribution < -0.4 is 16.0 Å². The quantitative estimate of drug-likeness (QED) is 0.144. The summed E-state index contributed by atoms with van der Waals surface area (Å²) in [5.41, 5.74) is -19.9. The predicted molar refractivity (Wildman–Crippen MR) is 199 cm³/mol. The van der Waals surface area contributed by atoms with E-state index in [4.69, 9.17) is 28.4 Å². The smallest absolute Gasteiger partial charge is 0.197 e. The molecule has 3 aliphatic heterocycles. The Labute approximate surface area is 317 Å². The number of likely N-dealkylation sites (N-methyl/N-ethyl adjacent to an activating group) is 3. The Morgan fingerprint density at radius 1 is 0.415 bits per heavy atom. The van der Waals surface area contributed by atoms with Gasteiger partial charge in [-0.1, -0.05) is 6.92 Å². The molecule has 0 aromatic heterocycles. The van der Waals surface area contributed by atoms with E-state index in [9.17, 15) is 30.6 Å². The molecule has 0 amide bonds. The van der Waals surface area contributed by atoms with Crippen LogP contribution in [0.4, 0.5) is 0 Å². The monoisotopic (exact) mass is 766 g/mol. The Hall–Kier alpha value is -0.600. The van der Waals surface area contributed by atoms with E-state index in [1.807, 2.05) is 6.92 Å². The van der Waals surface area contributed by atoms with Crippen LogP contribution in [0.1, 0.15) is 117 Å². The Kier molecular flexibility index (Phi) is 11.2. The second-order valence-corrected chi connectivity index (χ2v) is 18.5. The van der Waals surface area contributed by atoms with Crippen molar-refractivity contribution in [3.63, 3.8) is 0 Å². The Bertz CT molecular complexity index is 1300. The van der Waals surface area contributed by atoms with Gasteiger partial charge in [0.05, 0.1) is 35.4 Å². The second-order valence-electron chi connectivity index (χ2n) is 18.5. The fourth-order valence-electron chi connectivity index (χ4n) is 9.60. The summed E-state index contributed by atoms with van der Waals surface area (Å²) in [6.07, 6.45) is 0.360. The number of nitrogens with one attached hydrogen (secondary N) is 3. The summed E-state index contributed by atoms with van der Waals surface area (Å²) in [7, 11) is 6.25. The fourth-order valence-corrected chi connectivity index (χ4v) is 9.60. The largest absolute Gasteiger partial charge is 0.385 e. The lowest BCUT2D eigenvalue weighted by atomic mass is 9.57. The molecule has 0 aromatic rings. The summed E-state index contributed by atoms with van der Waals surface area (Å²) in [6.45, 7) is 24.9. The van der Waals surface area contributed by atoms with Gasteiger partial charge in [-0.2, -0.15) is 0 Å². The van der Waals surface area contributed by atoms with Gasteiger partial charge >= 0.3 is 0 Å². The van der Waals surface area contributed by atoms with Gasteiger partial charge in [-0.3, -0.25) is 0 Å². The van der Waals surface area contributed by atoms with Crippen LogP contribution in [0.15, 0.2) is 0 Å². The number of ether oxygens (including phenoxy) is 6. The molecule has 6 unspecified atom stereocenters. The van der Waals surface area contributed by atoms with Gasteiger partial charge in [0.2, 0.25) is 0 Å². The Balaban J connectivity index is 2.17. The molecule has 0 aromatic carbocycles. The average molecular weight is 766 g/mol. The van der Waals surface area contributed by atoms with E-state index < -0.39 is 97.6 Å². The summed E-state index contributed by atoms with van der Waals surface area (Å²) < 4.78 is 38.8. The van der Waals surface area contributed by atoms with Crippen molar-refractivity contribution in [3.8, 4) is 0 Å². The number of aliphatic hydroxyl groups is 6. The standard InChI is InChI=1S/C38H75N3O12/c1-21-24(2)30(8,42)27(5,39-17)34(12,46)37(15,51-24)49-23-26(4)32(10,44)29(7,41-19)35(13,47)38(16,53-26)50-22-25(3)31(9,43)28(6,40-18)33(11,45)36(14,48-20)52-25/h39-47H,21-23H2,1-20H3/t24?,25?,26?,27-,28-,29-,30-,31-,32-,33?,34?,35?,36-,37-,38-/m0/s1. The summed E-state index contributed by atoms with van der Waals surface area (Å²) >= 11 is 0. The molecule has 15 atom stereocenters. The third-order valence-electron chi connectivity index (χ3n) is 16.7. The summed E-state index contributed by atoms with van der Waals surface area (Å²) in [4.78, 5) is 0. The summed E-state index contributed by atoms with van der Waals surface area (Å²) in [5, 5.41) is 82.8. The van der Waals surface area contributed by atoms with Crippen LogP contribution in [0.25, 0.3) is 0 Å². The molecule has 3 saturated heterocycles. The van der Waals surface area contributed by atoms with Crippen molar-refractivity contribution in [2.45, 2.75) is 202 Å². The van der Waals surface area contributed by atoms with Gasteiger partial charge in [0, 0.05) is 7.11 Å². The average Bonchev–Trinajstić information content (AvgIpc) is 3.06. The highest BCUT2D eigenvalue weighted by Crippen LogP contribution is 2.59. The molecular weight excluding hydrogens is 690 g/mol. The highest BCUT2D eigenvalue weighted by atomic mass is 16.8. The van der Waals surface area contributed by atoms with Gasteiger partial charge in [-0.25, -0.2) is 0 Å². The first kappa shape index (κ1) is 46.8. The van der Waals surface area contributed by atoms with Crippen LogP contribution >= 0.6 is 0 Å². The normalized spacial score (nSPS) is 59.2. The zero-order chi connectivity index (χ0) is 42.0. The Morgan fingerprint density at radius 2 is 0.660 bits per heavy atom. The minimum absolute atomic E-state index is 0.360. The minimum atomic E-state index is -2.00. The molecule has 314 valence electrons. The minimum Gasteiger partial charge on any atom is -0.385 e. The zero-order valence-electron chi connectivity index (χ0n) is 36.3. The summed E-state index contributed by atoms with van der Waals surface area (Å²) in [6, 6.07) is 0. The molecule has 0 spiro atoms. The molecule has 15 heteroatoms. The number of hydrogen-bond acceptors (Lipinski definition) is 15. The van der Waals surface area contributed by atoms with Gasteiger partial charge in [0.15, 0.2) is 17.4 Å². The number of hydrogen-bond donors (Lipinski definition) is 9. The number of rotatable bonds is 11. The van der Waals surface area contributed by atoms with Crippen molar-refractivity contribution in [2.24, 2.45) is 0 Å². The van der Waals surface area contributed by atoms with E-state index in [2.05, 4.69) is 16.0 Å². The lowest BCUT2D eigenvalue weighted by molar-refractivity contribution is -0.471. The lowest BCUT2D eigenvalue weighted by Gasteiger charge is -2.70. The number of methoxy groups -OCH3 is 1. The third kappa shape index (κ3) is 5.26.